The summed E-state index contributed by atoms with van der Waals surface area (Å²) in [5, 5.41) is 0. The van der Waals surface area contributed by atoms with Gasteiger partial charge < -0.3 is 21.3 Å². The molecule has 0 radical (unpaired) electrons. The molecule has 0 aliphatic rings. The number of hydrogen-bond donors (Lipinski definition) is 2. The Labute approximate surface area is 107 Å². The van der Waals surface area contributed by atoms with Crippen LogP contribution in [0, 0.1) is 0 Å². The highest BCUT2D eigenvalue weighted by atomic mass is 15.1. The molecule has 0 aromatic rings. The second kappa shape index (κ2) is 12.3. The zero-order valence-electron chi connectivity index (χ0n) is 11.8. The standard InChI is InChI=1S/C13H32N4/c1-3-16(10-5-8-14)12-7-13-17(4-2)11-6-9-15/h3-15H2,1-2H3. The summed E-state index contributed by atoms with van der Waals surface area (Å²) >= 11 is 0. The van der Waals surface area contributed by atoms with Gasteiger partial charge in [-0.25, -0.2) is 0 Å². The molecule has 0 rings (SSSR count). The van der Waals surface area contributed by atoms with Crippen molar-refractivity contribution in [3.8, 4) is 0 Å². The lowest BCUT2D eigenvalue weighted by Gasteiger charge is -2.24. The summed E-state index contributed by atoms with van der Waals surface area (Å²) in [5.74, 6) is 0. The first kappa shape index (κ1) is 16.8. The Kier molecular flexibility index (Phi) is 12.2. The molecule has 4 N–H and O–H groups in total. The van der Waals surface area contributed by atoms with Gasteiger partial charge in [0.15, 0.2) is 0 Å². The second-order valence-electron chi connectivity index (χ2n) is 4.51. The quantitative estimate of drug-likeness (QED) is 0.531. The van der Waals surface area contributed by atoms with Crippen LogP contribution in [0.5, 0.6) is 0 Å². The van der Waals surface area contributed by atoms with E-state index >= 15 is 0 Å². The van der Waals surface area contributed by atoms with Crippen molar-refractivity contribution in [1.82, 2.24) is 9.80 Å². The van der Waals surface area contributed by atoms with Gasteiger partial charge in [-0.15, -0.1) is 0 Å². The Morgan fingerprint density at radius 3 is 1.29 bits per heavy atom. The summed E-state index contributed by atoms with van der Waals surface area (Å²) in [7, 11) is 0. The Bertz CT molecular complexity index is 136. The fourth-order valence-corrected chi connectivity index (χ4v) is 2.00. The van der Waals surface area contributed by atoms with Gasteiger partial charge in [0.2, 0.25) is 0 Å². The summed E-state index contributed by atoms with van der Waals surface area (Å²) in [6.07, 6.45) is 3.47. The van der Waals surface area contributed by atoms with E-state index in [1.54, 1.807) is 0 Å². The van der Waals surface area contributed by atoms with Crippen molar-refractivity contribution in [2.45, 2.75) is 33.1 Å². The van der Waals surface area contributed by atoms with Crippen molar-refractivity contribution in [3.63, 3.8) is 0 Å². The monoisotopic (exact) mass is 244 g/mol. The van der Waals surface area contributed by atoms with E-state index in [0.29, 0.717) is 0 Å². The Hall–Kier alpha value is -0.160. The minimum absolute atomic E-state index is 0.800. The van der Waals surface area contributed by atoms with Crippen LogP contribution in [0.2, 0.25) is 0 Å². The van der Waals surface area contributed by atoms with Gasteiger partial charge in [0, 0.05) is 0 Å². The molecule has 4 heteroatoms. The summed E-state index contributed by atoms with van der Waals surface area (Å²) in [4.78, 5) is 4.98. The highest BCUT2D eigenvalue weighted by molar-refractivity contribution is 4.61. The minimum atomic E-state index is 0.800. The molecule has 0 saturated heterocycles. The first-order chi connectivity index (χ1) is 8.28. The second-order valence-corrected chi connectivity index (χ2v) is 4.51. The lowest BCUT2D eigenvalue weighted by Crippen LogP contribution is -2.32. The molecule has 0 aliphatic heterocycles. The first-order valence-corrected chi connectivity index (χ1v) is 7.13. The van der Waals surface area contributed by atoms with E-state index in [4.69, 9.17) is 11.5 Å². The average molecular weight is 244 g/mol. The summed E-state index contributed by atoms with van der Waals surface area (Å²) in [5.41, 5.74) is 11.1. The van der Waals surface area contributed by atoms with Crippen LogP contribution in [-0.2, 0) is 0 Å². The molecule has 4 nitrogen and oxygen atoms in total. The van der Waals surface area contributed by atoms with Gasteiger partial charge >= 0.3 is 0 Å². The van der Waals surface area contributed by atoms with Crippen LogP contribution in [0.3, 0.4) is 0 Å². The van der Waals surface area contributed by atoms with Gasteiger partial charge in [-0.05, 0) is 71.6 Å². The molecule has 0 aliphatic carbocycles. The summed E-state index contributed by atoms with van der Waals surface area (Å²) in [6, 6.07) is 0. The smallest absolute Gasteiger partial charge is 0.000665 e. The zero-order chi connectivity index (χ0) is 12.9. The van der Waals surface area contributed by atoms with Gasteiger partial charge in [-0.3, -0.25) is 0 Å². The Balaban J connectivity index is 3.61. The van der Waals surface area contributed by atoms with Gasteiger partial charge in [-0.1, -0.05) is 13.8 Å². The predicted molar refractivity (Wildman–Crippen MR) is 76.2 cm³/mol. The van der Waals surface area contributed by atoms with E-state index in [9.17, 15) is 0 Å². The molecule has 104 valence electrons. The molecule has 0 fully saturated rings. The molecule has 0 bridgehead atoms. The summed E-state index contributed by atoms with van der Waals surface area (Å²) in [6.45, 7) is 13.0. The van der Waals surface area contributed by atoms with Crippen molar-refractivity contribution in [3.05, 3.63) is 0 Å². The maximum absolute atomic E-state index is 5.54. The van der Waals surface area contributed by atoms with Crippen molar-refractivity contribution >= 4 is 0 Å². The van der Waals surface area contributed by atoms with Crippen molar-refractivity contribution < 1.29 is 0 Å². The molecular formula is C13H32N4. The highest BCUT2D eigenvalue weighted by Gasteiger charge is 2.04. The average Bonchev–Trinajstić information content (AvgIpc) is 2.37. The molecule has 17 heavy (non-hydrogen) atoms. The topological polar surface area (TPSA) is 58.5 Å². The van der Waals surface area contributed by atoms with Crippen LogP contribution in [0.1, 0.15) is 33.1 Å². The zero-order valence-corrected chi connectivity index (χ0v) is 11.8. The third-order valence-corrected chi connectivity index (χ3v) is 3.20. The van der Waals surface area contributed by atoms with Crippen LogP contribution in [0.25, 0.3) is 0 Å². The molecule has 0 heterocycles. The SMILES string of the molecule is CCN(CCCN)CCCN(CC)CCCN. The van der Waals surface area contributed by atoms with Crippen molar-refractivity contribution in [1.29, 1.82) is 0 Å². The molecule has 0 unspecified atom stereocenters. The van der Waals surface area contributed by atoms with E-state index in [1.807, 2.05) is 0 Å². The first-order valence-electron chi connectivity index (χ1n) is 7.13. The molecule has 0 spiro atoms. The predicted octanol–water partition coefficient (Wildman–Crippen LogP) is 0.718. The normalized spacial score (nSPS) is 11.6. The molecule has 0 aromatic heterocycles. The number of rotatable bonds is 12. The minimum Gasteiger partial charge on any atom is -0.330 e. The number of hydrogen-bond acceptors (Lipinski definition) is 4. The van der Waals surface area contributed by atoms with Crippen LogP contribution in [0.15, 0.2) is 0 Å². The number of nitrogens with zero attached hydrogens (tertiary/aromatic N) is 2. The third kappa shape index (κ3) is 9.53. The van der Waals surface area contributed by atoms with Crippen LogP contribution < -0.4 is 11.5 Å². The van der Waals surface area contributed by atoms with E-state index in [-0.39, 0.29) is 0 Å². The molecular weight excluding hydrogens is 212 g/mol. The molecule has 0 amide bonds. The van der Waals surface area contributed by atoms with E-state index in [0.717, 1.165) is 52.1 Å². The number of nitrogens with two attached hydrogens (primary N) is 2. The largest absolute Gasteiger partial charge is 0.330 e. The molecule has 0 aromatic carbocycles. The Morgan fingerprint density at radius 1 is 0.647 bits per heavy atom. The Morgan fingerprint density at radius 2 is 1.00 bits per heavy atom. The van der Waals surface area contributed by atoms with Gasteiger partial charge in [0.05, 0.1) is 0 Å². The van der Waals surface area contributed by atoms with E-state index in [1.165, 1.54) is 19.5 Å². The van der Waals surface area contributed by atoms with E-state index < -0.39 is 0 Å². The van der Waals surface area contributed by atoms with Gasteiger partial charge in [0.1, 0.15) is 0 Å². The fraction of sp³-hybridized carbons (Fsp3) is 1.00. The molecule has 0 saturated carbocycles. The van der Waals surface area contributed by atoms with Crippen molar-refractivity contribution in [2.24, 2.45) is 11.5 Å². The fourth-order valence-electron chi connectivity index (χ4n) is 2.00. The molecule has 0 atom stereocenters. The lowest BCUT2D eigenvalue weighted by molar-refractivity contribution is 0.236. The van der Waals surface area contributed by atoms with Crippen LogP contribution in [0.4, 0.5) is 0 Å². The third-order valence-electron chi connectivity index (χ3n) is 3.20. The van der Waals surface area contributed by atoms with E-state index in [2.05, 4.69) is 23.6 Å². The maximum atomic E-state index is 5.54. The highest BCUT2D eigenvalue weighted by Crippen LogP contribution is 1.97. The van der Waals surface area contributed by atoms with Gasteiger partial charge in [-0.2, -0.15) is 0 Å². The van der Waals surface area contributed by atoms with Gasteiger partial charge in [0.25, 0.3) is 0 Å². The van der Waals surface area contributed by atoms with Crippen LogP contribution >= 0.6 is 0 Å². The van der Waals surface area contributed by atoms with Crippen molar-refractivity contribution in [2.75, 3.05) is 52.4 Å². The maximum Gasteiger partial charge on any atom is -0.000665 e. The van der Waals surface area contributed by atoms with Crippen LogP contribution in [-0.4, -0.2) is 62.2 Å². The summed E-state index contributed by atoms with van der Waals surface area (Å²) < 4.78 is 0. The lowest BCUT2D eigenvalue weighted by atomic mass is 10.3.